The lowest BCUT2D eigenvalue weighted by Gasteiger charge is -2.41. The molecule has 3 rings (SSSR count). The molecule has 2 atom stereocenters. The van der Waals surface area contributed by atoms with Gasteiger partial charge in [-0.2, -0.15) is 0 Å². The summed E-state index contributed by atoms with van der Waals surface area (Å²) in [7, 11) is 2.19. The van der Waals surface area contributed by atoms with Crippen LogP contribution in [0.5, 0.6) is 0 Å². The minimum absolute atomic E-state index is 0.413. The second-order valence-corrected chi connectivity index (χ2v) is 6.59. The number of hydrogen-bond donors (Lipinski definition) is 0. The molecule has 4 heteroatoms. The first-order valence-corrected chi connectivity index (χ1v) is 8.82. The van der Waals surface area contributed by atoms with E-state index in [1.807, 2.05) is 0 Å². The lowest BCUT2D eigenvalue weighted by molar-refractivity contribution is -0.0647. The van der Waals surface area contributed by atoms with E-state index in [9.17, 15) is 0 Å². The summed E-state index contributed by atoms with van der Waals surface area (Å²) >= 11 is 0. The van der Waals surface area contributed by atoms with Crippen molar-refractivity contribution in [2.24, 2.45) is 0 Å². The molecule has 1 aliphatic carbocycles. The molecule has 2 fully saturated rings. The Morgan fingerprint density at radius 1 is 1.14 bits per heavy atom. The van der Waals surface area contributed by atoms with Gasteiger partial charge in [0.05, 0.1) is 25.9 Å². The summed E-state index contributed by atoms with van der Waals surface area (Å²) < 4.78 is 11.8. The van der Waals surface area contributed by atoms with Gasteiger partial charge >= 0.3 is 0 Å². The summed E-state index contributed by atoms with van der Waals surface area (Å²) in [5.74, 6) is 0. The first-order valence-electron chi connectivity index (χ1n) is 8.82. The van der Waals surface area contributed by atoms with Crippen LogP contribution in [0.2, 0.25) is 0 Å². The highest BCUT2D eigenvalue weighted by Crippen LogP contribution is 2.26. The average Bonchev–Trinajstić information content (AvgIpc) is 2.58. The SMILES string of the molecule is Bc1ccccc1CCO[C@H]1CCCCC1N1CCOCC1. The lowest BCUT2D eigenvalue weighted by atomic mass is 9.89. The van der Waals surface area contributed by atoms with Crippen LogP contribution in [-0.4, -0.2) is 57.8 Å². The van der Waals surface area contributed by atoms with Crippen molar-refractivity contribution in [3.05, 3.63) is 29.8 Å². The topological polar surface area (TPSA) is 21.7 Å². The van der Waals surface area contributed by atoms with Gasteiger partial charge in [-0.05, 0) is 19.3 Å². The molecule has 1 saturated heterocycles. The monoisotopic (exact) mass is 301 g/mol. The van der Waals surface area contributed by atoms with E-state index >= 15 is 0 Å². The first-order chi connectivity index (χ1) is 10.8. The number of benzene rings is 1. The molecule has 1 saturated carbocycles. The maximum atomic E-state index is 6.33. The maximum absolute atomic E-state index is 6.33. The molecule has 2 aliphatic rings. The highest BCUT2D eigenvalue weighted by atomic mass is 16.5. The van der Waals surface area contributed by atoms with E-state index < -0.39 is 0 Å². The van der Waals surface area contributed by atoms with Gasteiger partial charge in [0.15, 0.2) is 0 Å². The summed E-state index contributed by atoms with van der Waals surface area (Å²) in [6.45, 7) is 4.75. The van der Waals surface area contributed by atoms with Crippen LogP contribution in [0.15, 0.2) is 24.3 Å². The molecule has 0 aromatic heterocycles. The number of ether oxygens (including phenoxy) is 2. The van der Waals surface area contributed by atoms with Gasteiger partial charge in [-0.25, -0.2) is 0 Å². The highest BCUT2D eigenvalue weighted by molar-refractivity contribution is 6.33. The molecule has 1 unspecified atom stereocenters. The molecule has 1 aliphatic heterocycles. The number of rotatable bonds is 5. The molecular formula is C18H28BNO2. The van der Waals surface area contributed by atoms with Gasteiger partial charge in [-0.1, -0.05) is 48.1 Å². The van der Waals surface area contributed by atoms with E-state index in [-0.39, 0.29) is 0 Å². The van der Waals surface area contributed by atoms with E-state index in [1.165, 1.54) is 36.7 Å². The van der Waals surface area contributed by atoms with Crippen molar-refractivity contribution in [3.8, 4) is 0 Å². The standard InChI is InChI=1S/C18H28BNO2/c19-16-6-2-1-5-15(16)9-12-22-18-8-4-3-7-17(18)20-10-13-21-14-11-20/h1-2,5-6,17-18H,3-4,7-14,19H2/t17?,18-/m0/s1. The zero-order chi connectivity index (χ0) is 15.2. The second kappa shape index (κ2) is 8.14. The van der Waals surface area contributed by atoms with Gasteiger partial charge in [-0.15, -0.1) is 0 Å². The van der Waals surface area contributed by atoms with Gasteiger partial charge in [-0.3, -0.25) is 4.90 Å². The molecule has 0 amide bonds. The van der Waals surface area contributed by atoms with Crippen LogP contribution in [0.1, 0.15) is 31.2 Å². The van der Waals surface area contributed by atoms with Gasteiger partial charge in [0.1, 0.15) is 7.85 Å². The van der Waals surface area contributed by atoms with E-state index in [0.29, 0.717) is 12.1 Å². The predicted molar refractivity (Wildman–Crippen MR) is 92.7 cm³/mol. The third-order valence-corrected chi connectivity index (χ3v) is 5.15. The number of morpholine rings is 1. The Morgan fingerprint density at radius 3 is 2.73 bits per heavy atom. The Morgan fingerprint density at radius 2 is 1.91 bits per heavy atom. The van der Waals surface area contributed by atoms with Crippen LogP contribution in [0, 0.1) is 0 Å². The van der Waals surface area contributed by atoms with E-state index in [0.717, 1.165) is 39.3 Å². The summed E-state index contributed by atoms with van der Waals surface area (Å²) in [5, 5.41) is 0. The summed E-state index contributed by atoms with van der Waals surface area (Å²) in [6.07, 6.45) is 6.61. The Kier molecular flexibility index (Phi) is 5.93. The van der Waals surface area contributed by atoms with Gasteiger partial charge in [0.25, 0.3) is 0 Å². The van der Waals surface area contributed by atoms with E-state index in [2.05, 4.69) is 37.0 Å². The van der Waals surface area contributed by atoms with Gasteiger partial charge < -0.3 is 9.47 Å². The fourth-order valence-corrected chi connectivity index (χ4v) is 3.81. The molecule has 1 aromatic rings. The Balaban J connectivity index is 1.52. The smallest absolute Gasteiger partial charge is 0.139 e. The molecule has 120 valence electrons. The van der Waals surface area contributed by atoms with Crippen LogP contribution in [0.4, 0.5) is 0 Å². The molecule has 0 N–H and O–H groups in total. The third kappa shape index (κ3) is 4.12. The lowest BCUT2D eigenvalue weighted by Crippen LogP contribution is -2.51. The maximum Gasteiger partial charge on any atom is 0.139 e. The largest absolute Gasteiger partial charge is 0.379 e. The molecule has 3 nitrogen and oxygen atoms in total. The average molecular weight is 301 g/mol. The third-order valence-electron chi connectivity index (χ3n) is 5.15. The second-order valence-electron chi connectivity index (χ2n) is 6.59. The minimum Gasteiger partial charge on any atom is -0.379 e. The van der Waals surface area contributed by atoms with Crippen LogP contribution in [0.3, 0.4) is 0 Å². The quantitative estimate of drug-likeness (QED) is 0.762. The van der Waals surface area contributed by atoms with Crippen LogP contribution < -0.4 is 5.46 Å². The van der Waals surface area contributed by atoms with E-state index in [1.54, 1.807) is 0 Å². The Hall–Kier alpha value is -0.835. The summed E-state index contributed by atoms with van der Waals surface area (Å²) in [6, 6.07) is 9.25. The zero-order valence-electron chi connectivity index (χ0n) is 13.8. The summed E-state index contributed by atoms with van der Waals surface area (Å²) in [4.78, 5) is 2.60. The van der Waals surface area contributed by atoms with Crippen molar-refractivity contribution in [3.63, 3.8) is 0 Å². The van der Waals surface area contributed by atoms with Crippen molar-refractivity contribution in [2.75, 3.05) is 32.9 Å². The Bertz CT molecular complexity index is 462. The molecule has 0 bridgehead atoms. The molecule has 1 aromatic carbocycles. The zero-order valence-corrected chi connectivity index (χ0v) is 13.8. The minimum atomic E-state index is 0.413. The molecule has 22 heavy (non-hydrogen) atoms. The van der Waals surface area contributed by atoms with Crippen molar-refractivity contribution in [1.82, 2.24) is 4.90 Å². The molecule has 1 heterocycles. The fraction of sp³-hybridized carbons (Fsp3) is 0.667. The highest BCUT2D eigenvalue weighted by Gasteiger charge is 2.31. The first kappa shape index (κ1) is 16.0. The number of nitrogens with zero attached hydrogens (tertiary/aromatic N) is 1. The van der Waals surface area contributed by atoms with Crippen molar-refractivity contribution in [2.45, 2.75) is 44.2 Å². The van der Waals surface area contributed by atoms with Crippen LogP contribution >= 0.6 is 0 Å². The van der Waals surface area contributed by atoms with Crippen molar-refractivity contribution < 1.29 is 9.47 Å². The van der Waals surface area contributed by atoms with Gasteiger partial charge in [0.2, 0.25) is 0 Å². The van der Waals surface area contributed by atoms with Crippen molar-refractivity contribution >= 4 is 13.3 Å². The van der Waals surface area contributed by atoms with Gasteiger partial charge in [0, 0.05) is 19.1 Å². The van der Waals surface area contributed by atoms with Crippen molar-refractivity contribution in [1.29, 1.82) is 0 Å². The molecular weight excluding hydrogens is 273 g/mol. The normalized spacial score (nSPS) is 26.9. The predicted octanol–water partition coefficient (Wildman–Crippen LogP) is 1.15. The molecule has 0 radical (unpaired) electrons. The number of hydrogen-bond acceptors (Lipinski definition) is 3. The van der Waals surface area contributed by atoms with E-state index in [4.69, 9.17) is 9.47 Å². The Labute approximate surface area is 135 Å². The fourth-order valence-electron chi connectivity index (χ4n) is 3.81. The van der Waals surface area contributed by atoms with Crippen LogP contribution in [0.25, 0.3) is 0 Å². The molecule has 0 spiro atoms. The summed E-state index contributed by atoms with van der Waals surface area (Å²) in [5.41, 5.74) is 2.79. The van der Waals surface area contributed by atoms with Crippen LogP contribution in [-0.2, 0) is 15.9 Å².